The van der Waals surface area contributed by atoms with Gasteiger partial charge in [0, 0.05) is 28.9 Å². The first-order valence-corrected chi connectivity index (χ1v) is 7.24. The molecule has 0 saturated heterocycles. The van der Waals surface area contributed by atoms with E-state index in [0.29, 0.717) is 17.1 Å². The second-order valence-corrected chi connectivity index (χ2v) is 5.61. The Balaban J connectivity index is 4.41. The Bertz CT molecular complexity index is 357. The van der Waals surface area contributed by atoms with E-state index in [-0.39, 0.29) is 6.04 Å². The number of nitrogens with one attached hydrogen (secondary N) is 1. The molecular weight excluding hydrogens is 276 g/mol. The fourth-order valence-corrected chi connectivity index (χ4v) is 1.93. The van der Waals surface area contributed by atoms with Crippen LogP contribution < -0.4 is 5.32 Å². The number of nitrogens with zero attached hydrogens (tertiary/aromatic N) is 1. The summed E-state index contributed by atoms with van der Waals surface area (Å²) in [5.74, 6) is -2.18. The van der Waals surface area contributed by atoms with E-state index in [4.69, 9.17) is 10.2 Å². The van der Waals surface area contributed by atoms with Crippen LogP contribution in [0.4, 0.5) is 4.79 Å². The van der Waals surface area contributed by atoms with Crippen LogP contribution in [0.5, 0.6) is 0 Å². The third-order valence-corrected chi connectivity index (χ3v) is 2.96. The van der Waals surface area contributed by atoms with Gasteiger partial charge in [-0.25, -0.2) is 4.79 Å². The van der Waals surface area contributed by atoms with Crippen molar-refractivity contribution in [3.63, 3.8) is 0 Å². The minimum atomic E-state index is -1.29. The molecule has 0 aromatic carbocycles. The summed E-state index contributed by atoms with van der Waals surface area (Å²) in [4.78, 5) is 33.4. The highest BCUT2D eigenvalue weighted by Crippen LogP contribution is 1.96. The first-order chi connectivity index (χ1) is 8.72. The van der Waals surface area contributed by atoms with Crippen LogP contribution in [0, 0.1) is 0 Å². The molecule has 0 aliphatic heterocycles. The van der Waals surface area contributed by atoms with Gasteiger partial charge in [-0.3, -0.25) is 13.8 Å². The molecule has 9 heteroatoms. The summed E-state index contributed by atoms with van der Waals surface area (Å²) < 4.78 is 10.9. The van der Waals surface area contributed by atoms with Gasteiger partial charge in [-0.2, -0.15) is 0 Å². The molecule has 0 rings (SSSR count). The first-order valence-electron chi connectivity index (χ1n) is 5.51. The molecule has 2 amide bonds. The lowest BCUT2D eigenvalue weighted by Gasteiger charge is -2.22. The maximum atomic E-state index is 11.7. The van der Waals surface area contributed by atoms with Crippen LogP contribution in [0.2, 0.25) is 0 Å². The second-order valence-electron chi connectivity index (χ2n) is 4.06. The number of carboxylic acid groups (broad SMARTS) is 2. The van der Waals surface area contributed by atoms with Crippen LogP contribution in [0.3, 0.4) is 0 Å². The average Bonchev–Trinajstić information content (AvgIpc) is 2.24. The summed E-state index contributed by atoms with van der Waals surface area (Å²) in [6.45, 7) is 0.291. The molecule has 0 radical (unpaired) electrons. The summed E-state index contributed by atoms with van der Waals surface area (Å²) in [7, 11) is -0.983. The van der Waals surface area contributed by atoms with Crippen molar-refractivity contribution in [2.24, 2.45) is 0 Å². The molecule has 0 saturated carbocycles. The molecule has 0 fully saturated rings. The first kappa shape index (κ1) is 17.4. The van der Waals surface area contributed by atoms with Crippen LogP contribution in [0.1, 0.15) is 13.3 Å². The van der Waals surface area contributed by atoms with Gasteiger partial charge in [-0.15, -0.1) is 0 Å². The lowest BCUT2D eigenvalue weighted by atomic mass is 10.3. The van der Waals surface area contributed by atoms with Crippen molar-refractivity contribution in [2.45, 2.75) is 19.4 Å². The molecule has 2 atom stereocenters. The Morgan fingerprint density at radius 1 is 1.21 bits per heavy atom. The minimum Gasteiger partial charge on any atom is -0.480 e. The number of carboxylic acids is 2. The second kappa shape index (κ2) is 8.46. The van der Waals surface area contributed by atoms with Gasteiger partial charge < -0.3 is 20.4 Å². The van der Waals surface area contributed by atoms with Gasteiger partial charge in [0.05, 0.1) is 0 Å². The number of amides is 2. The van der Waals surface area contributed by atoms with Crippen LogP contribution in [-0.2, 0) is 20.4 Å². The van der Waals surface area contributed by atoms with Crippen molar-refractivity contribution in [2.75, 3.05) is 25.1 Å². The zero-order valence-electron chi connectivity index (χ0n) is 10.8. The molecule has 2 unspecified atom stereocenters. The molecule has 110 valence electrons. The summed E-state index contributed by atoms with van der Waals surface area (Å²) >= 11 is 0. The largest absolute Gasteiger partial charge is 0.480 e. The van der Waals surface area contributed by atoms with Crippen molar-refractivity contribution in [3.8, 4) is 0 Å². The lowest BCUT2D eigenvalue weighted by Crippen LogP contribution is -2.48. The maximum Gasteiger partial charge on any atom is 0.323 e. The fourth-order valence-electron chi connectivity index (χ4n) is 1.24. The molecule has 19 heavy (non-hydrogen) atoms. The molecule has 0 heterocycles. The molecule has 0 aliphatic carbocycles. The van der Waals surface area contributed by atoms with Gasteiger partial charge in [0.25, 0.3) is 0 Å². The minimum absolute atomic E-state index is 0.318. The van der Waals surface area contributed by atoms with Crippen molar-refractivity contribution in [3.05, 3.63) is 0 Å². The number of rotatable bonds is 8. The van der Waals surface area contributed by atoms with Crippen LogP contribution in [0.25, 0.3) is 0 Å². The van der Waals surface area contributed by atoms with Crippen LogP contribution >= 0.6 is 0 Å². The third kappa shape index (κ3) is 9.00. The molecule has 0 spiro atoms. The van der Waals surface area contributed by atoms with Gasteiger partial charge in [0.15, 0.2) is 0 Å². The SMILES string of the molecule is CC(CCS(C)=O)NC(=O)N(CC(=O)O)CC(=O)O. The number of carbonyl (C=O) groups is 3. The van der Waals surface area contributed by atoms with E-state index < -0.39 is 41.9 Å². The van der Waals surface area contributed by atoms with E-state index in [1.807, 2.05) is 0 Å². The summed E-state index contributed by atoms with van der Waals surface area (Å²) in [6, 6.07) is -1.08. The van der Waals surface area contributed by atoms with Gasteiger partial charge in [0.1, 0.15) is 13.1 Å². The summed E-state index contributed by atoms with van der Waals surface area (Å²) in [5.41, 5.74) is 0. The highest BCUT2D eigenvalue weighted by Gasteiger charge is 2.20. The Labute approximate surface area is 113 Å². The zero-order valence-corrected chi connectivity index (χ0v) is 11.6. The van der Waals surface area contributed by atoms with E-state index >= 15 is 0 Å². The highest BCUT2D eigenvalue weighted by atomic mass is 32.2. The predicted octanol–water partition coefficient (Wildman–Crippen LogP) is -0.676. The van der Waals surface area contributed by atoms with E-state index in [1.54, 1.807) is 6.92 Å². The molecular formula is C10H18N2O6S. The number of hydrogen-bond donors (Lipinski definition) is 3. The number of hydrogen-bond acceptors (Lipinski definition) is 4. The van der Waals surface area contributed by atoms with Crippen LogP contribution in [-0.4, -0.2) is 68.4 Å². The lowest BCUT2D eigenvalue weighted by molar-refractivity contribution is -0.140. The molecule has 0 aliphatic rings. The average molecular weight is 294 g/mol. The molecule has 3 N–H and O–H groups in total. The topological polar surface area (TPSA) is 124 Å². The number of urea groups is 1. The van der Waals surface area contributed by atoms with Gasteiger partial charge in [-0.05, 0) is 13.3 Å². The molecule has 0 bridgehead atoms. The van der Waals surface area contributed by atoms with Crippen molar-refractivity contribution >= 4 is 28.8 Å². The third-order valence-electron chi connectivity index (χ3n) is 2.15. The van der Waals surface area contributed by atoms with Gasteiger partial charge >= 0.3 is 18.0 Å². The Morgan fingerprint density at radius 2 is 1.68 bits per heavy atom. The standard InChI is InChI=1S/C10H18N2O6S/c1-7(3-4-19(2)18)11-10(17)12(5-8(13)14)6-9(15)16/h7H,3-6H2,1-2H3,(H,11,17)(H,13,14)(H,15,16). The zero-order chi connectivity index (χ0) is 15.0. The highest BCUT2D eigenvalue weighted by molar-refractivity contribution is 7.84. The van der Waals surface area contributed by atoms with E-state index in [9.17, 15) is 18.6 Å². The molecule has 0 aromatic heterocycles. The molecule has 8 nitrogen and oxygen atoms in total. The van der Waals surface area contributed by atoms with E-state index in [2.05, 4.69) is 5.32 Å². The Kier molecular flexibility index (Phi) is 7.73. The number of aliphatic carboxylic acids is 2. The van der Waals surface area contributed by atoms with E-state index in [1.165, 1.54) is 6.26 Å². The van der Waals surface area contributed by atoms with Crippen molar-refractivity contribution in [1.29, 1.82) is 0 Å². The van der Waals surface area contributed by atoms with E-state index in [0.717, 1.165) is 0 Å². The maximum absolute atomic E-state index is 11.7. The predicted molar refractivity (Wildman–Crippen MR) is 68.4 cm³/mol. The quantitative estimate of drug-likeness (QED) is 0.545. The van der Waals surface area contributed by atoms with Gasteiger partial charge in [0.2, 0.25) is 0 Å². The van der Waals surface area contributed by atoms with Crippen LogP contribution in [0.15, 0.2) is 0 Å². The van der Waals surface area contributed by atoms with Gasteiger partial charge in [-0.1, -0.05) is 0 Å². The van der Waals surface area contributed by atoms with Crippen molar-refractivity contribution in [1.82, 2.24) is 10.2 Å². The smallest absolute Gasteiger partial charge is 0.323 e. The monoisotopic (exact) mass is 294 g/mol. The molecule has 0 aromatic rings. The Hall–Kier alpha value is -1.64. The number of carbonyl (C=O) groups excluding carboxylic acids is 1. The Morgan fingerprint density at radius 3 is 2.05 bits per heavy atom. The normalized spacial score (nSPS) is 13.4. The van der Waals surface area contributed by atoms with Crippen molar-refractivity contribution < 1.29 is 28.8 Å². The fraction of sp³-hybridized carbons (Fsp3) is 0.700. The summed E-state index contributed by atoms with van der Waals surface area (Å²) in [5, 5.41) is 19.7. The summed E-state index contributed by atoms with van der Waals surface area (Å²) in [6.07, 6.45) is 2.00.